The van der Waals surface area contributed by atoms with Gasteiger partial charge in [0, 0.05) is 32.5 Å². The van der Waals surface area contributed by atoms with Crippen molar-refractivity contribution < 1.29 is 4.39 Å². The molecule has 0 radical (unpaired) electrons. The number of halogens is 2. The number of hydrogen-bond donors (Lipinski definition) is 2. The average Bonchev–Trinajstić information content (AvgIpc) is 2.52. The highest BCUT2D eigenvalue weighted by Gasteiger charge is 2.01. The van der Waals surface area contributed by atoms with Crippen LogP contribution in [-0.4, -0.2) is 24.5 Å². The molecule has 0 atom stereocenters. The van der Waals surface area contributed by atoms with Gasteiger partial charge in [-0.3, -0.25) is 9.98 Å². The number of benzene rings is 1. The molecule has 0 aliphatic rings. The summed E-state index contributed by atoms with van der Waals surface area (Å²) in [6.45, 7) is 3.36. The molecule has 0 bridgehead atoms. The summed E-state index contributed by atoms with van der Waals surface area (Å²) in [7, 11) is 1.72. The van der Waals surface area contributed by atoms with E-state index >= 15 is 0 Å². The highest BCUT2D eigenvalue weighted by molar-refractivity contribution is 14.0. The lowest BCUT2D eigenvalue weighted by Crippen LogP contribution is -2.37. The van der Waals surface area contributed by atoms with Gasteiger partial charge in [0.25, 0.3) is 0 Å². The van der Waals surface area contributed by atoms with E-state index in [1.807, 2.05) is 18.3 Å². The van der Waals surface area contributed by atoms with Gasteiger partial charge in [-0.2, -0.15) is 0 Å². The summed E-state index contributed by atoms with van der Waals surface area (Å²) < 4.78 is 13.1. The van der Waals surface area contributed by atoms with Crippen molar-refractivity contribution in [3.8, 4) is 0 Å². The smallest absolute Gasteiger partial charge is 0.191 e. The maximum atomic E-state index is 13.1. The van der Waals surface area contributed by atoms with Crippen molar-refractivity contribution in [3.05, 3.63) is 65.2 Å². The standard InChI is InChI=1S/C17H21FN4.HI/c1-13-11-20-8-6-15(13)7-9-21-17(19-2)22-12-14-4-3-5-16(18)10-14;/h3-6,8,10-11H,7,9,12H2,1-2H3,(H2,19,21,22);1H. The van der Waals surface area contributed by atoms with Gasteiger partial charge in [-0.05, 0) is 48.2 Å². The van der Waals surface area contributed by atoms with E-state index in [1.54, 1.807) is 19.3 Å². The molecule has 2 N–H and O–H groups in total. The molecule has 124 valence electrons. The van der Waals surface area contributed by atoms with Crippen molar-refractivity contribution in [2.75, 3.05) is 13.6 Å². The van der Waals surface area contributed by atoms with Gasteiger partial charge >= 0.3 is 0 Å². The molecule has 0 aliphatic carbocycles. The minimum Gasteiger partial charge on any atom is -0.356 e. The summed E-state index contributed by atoms with van der Waals surface area (Å²) in [6.07, 6.45) is 4.57. The van der Waals surface area contributed by atoms with Crippen molar-refractivity contribution >= 4 is 29.9 Å². The number of nitrogens with one attached hydrogen (secondary N) is 2. The summed E-state index contributed by atoms with van der Waals surface area (Å²) in [4.78, 5) is 8.25. The van der Waals surface area contributed by atoms with Gasteiger partial charge in [0.15, 0.2) is 5.96 Å². The van der Waals surface area contributed by atoms with E-state index in [0.29, 0.717) is 12.5 Å². The van der Waals surface area contributed by atoms with Gasteiger partial charge in [0.05, 0.1) is 0 Å². The van der Waals surface area contributed by atoms with E-state index in [2.05, 4.69) is 27.5 Å². The van der Waals surface area contributed by atoms with Gasteiger partial charge in [-0.15, -0.1) is 24.0 Å². The maximum absolute atomic E-state index is 13.1. The minimum absolute atomic E-state index is 0. The van der Waals surface area contributed by atoms with Crippen LogP contribution in [0.5, 0.6) is 0 Å². The lowest BCUT2D eigenvalue weighted by molar-refractivity contribution is 0.624. The fourth-order valence-corrected chi connectivity index (χ4v) is 2.15. The molecule has 0 saturated heterocycles. The number of aromatic nitrogens is 1. The Hall–Kier alpha value is -1.70. The van der Waals surface area contributed by atoms with Crippen LogP contribution in [0.1, 0.15) is 16.7 Å². The van der Waals surface area contributed by atoms with Gasteiger partial charge in [0.1, 0.15) is 5.82 Å². The summed E-state index contributed by atoms with van der Waals surface area (Å²) in [5.74, 6) is 0.478. The first-order valence-electron chi connectivity index (χ1n) is 7.27. The molecule has 1 aromatic carbocycles. The van der Waals surface area contributed by atoms with Gasteiger partial charge in [-0.25, -0.2) is 4.39 Å². The number of guanidine groups is 1. The van der Waals surface area contributed by atoms with Crippen LogP contribution in [0.15, 0.2) is 47.7 Å². The summed E-state index contributed by atoms with van der Waals surface area (Å²) >= 11 is 0. The summed E-state index contributed by atoms with van der Waals surface area (Å²) in [6, 6.07) is 8.56. The lowest BCUT2D eigenvalue weighted by Gasteiger charge is -2.12. The summed E-state index contributed by atoms with van der Waals surface area (Å²) in [5.41, 5.74) is 3.34. The fourth-order valence-electron chi connectivity index (χ4n) is 2.15. The van der Waals surface area contributed by atoms with Crippen LogP contribution in [0, 0.1) is 12.7 Å². The zero-order valence-electron chi connectivity index (χ0n) is 13.3. The Kier molecular flexibility index (Phi) is 8.53. The highest BCUT2D eigenvalue weighted by atomic mass is 127. The van der Waals surface area contributed by atoms with E-state index in [4.69, 9.17) is 0 Å². The minimum atomic E-state index is -0.226. The number of pyridine rings is 1. The van der Waals surface area contributed by atoms with Crippen LogP contribution in [0.25, 0.3) is 0 Å². The van der Waals surface area contributed by atoms with Crippen molar-refractivity contribution in [2.24, 2.45) is 4.99 Å². The molecule has 1 aromatic heterocycles. The molecule has 23 heavy (non-hydrogen) atoms. The number of hydrogen-bond acceptors (Lipinski definition) is 2. The van der Waals surface area contributed by atoms with E-state index in [9.17, 15) is 4.39 Å². The van der Waals surface area contributed by atoms with Gasteiger partial charge in [-0.1, -0.05) is 12.1 Å². The number of aliphatic imine (C=N–C) groups is 1. The van der Waals surface area contributed by atoms with E-state index in [1.165, 1.54) is 23.3 Å². The SMILES string of the molecule is CN=C(NCCc1ccncc1C)NCc1cccc(F)c1.I. The third kappa shape index (κ3) is 6.52. The van der Waals surface area contributed by atoms with E-state index < -0.39 is 0 Å². The molecule has 0 amide bonds. The van der Waals surface area contributed by atoms with Crippen molar-refractivity contribution in [1.82, 2.24) is 15.6 Å². The van der Waals surface area contributed by atoms with Crippen LogP contribution in [0.3, 0.4) is 0 Å². The highest BCUT2D eigenvalue weighted by Crippen LogP contribution is 2.05. The molecule has 0 aliphatic heterocycles. The van der Waals surface area contributed by atoms with E-state index in [0.717, 1.165) is 18.5 Å². The fraction of sp³-hybridized carbons (Fsp3) is 0.294. The van der Waals surface area contributed by atoms with Crippen LogP contribution >= 0.6 is 24.0 Å². The number of aryl methyl sites for hydroxylation is 1. The Labute approximate surface area is 153 Å². The number of rotatable bonds is 5. The molecule has 0 unspecified atom stereocenters. The number of nitrogens with zero attached hydrogens (tertiary/aromatic N) is 2. The van der Waals surface area contributed by atoms with Gasteiger partial charge < -0.3 is 10.6 Å². The Morgan fingerprint density at radius 3 is 2.78 bits per heavy atom. The molecule has 0 fully saturated rings. The third-order valence-electron chi connectivity index (χ3n) is 3.40. The largest absolute Gasteiger partial charge is 0.356 e. The van der Waals surface area contributed by atoms with Crippen LogP contribution in [0.2, 0.25) is 0 Å². The Morgan fingerprint density at radius 2 is 2.09 bits per heavy atom. The van der Waals surface area contributed by atoms with Crippen molar-refractivity contribution in [1.29, 1.82) is 0 Å². The lowest BCUT2D eigenvalue weighted by atomic mass is 10.1. The summed E-state index contributed by atoms with van der Waals surface area (Å²) in [5, 5.41) is 6.43. The topological polar surface area (TPSA) is 49.3 Å². The Bertz CT molecular complexity index is 646. The zero-order valence-corrected chi connectivity index (χ0v) is 15.7. The molecule has 1 heterocycles. The monoisotopic (exact) mass is 428 g/mol. The molecule has 4 nitrogen and oxygen atoms in total. The first-order chi connectivity index (χ1) is 10.7. The second-order valence-electron chi connectivity index (χ2n) is 5.03. The molecule has 0 spiro atoms. The van der Waals surface area contributed by atoms with Crippen LogP contribution in [0.4, 0.5) is 4.39 Å². The van der Waals surface area contributed by atoms with Crippen LogP contribution < -0.4 is 10.6 Å². The molecule has 2 rings (SSSR count). The molecule has 0 saturated carbocycles. The quantitative estimate of drug-likeness (QED) is 0.438. The molecule has 6 heteroatoms. The van der Waals surface area contributed by atoms with E-state index in [-0.39, 0.29) is 29.8 Å². The molecule has 2 aromatic rings. The molecular weight excluding hydrogens is 406 g/mol. The average molecular weight is 428 g/mol. The Balaban J connectivity index is 0.00000264. The second kappa shape index (κ2) is 10.1. The van der Waals surface area contributed by atoms with Crippen molar-refractivity contribution in [2.45, 2.75) is 19.9 Å². The second-order valence-corrected chi connectivity index (χ2v) is 5.03. The normalized spacial score (nSPS) is 10.8. The Morgan fingerprint density at radius 1 is 1.26 bits per heavy atom. The van der Waals surface area contributed by atoms with Crippen LogP contribution in [-0.2, 0) is 13.0 Å². The molecular formula is C17H22FIN4. The first kappa shape index (κ1) is 19.3. The van der Waals surface area contributed by atoms with Gasteiger partial charge in [0.2, 0.25) is 0 Å². The zero-order chi connectivity index (χ0) is 15.8. The third-order valence-corrected chi connectivity index (χ3v) is 3.40. The predicted molar refractivity (Wildman–Crippen MR) is 103 cm³/mol. The van der Waals surface area contributed by atoms with Crippen molar-refractivity contribution in [3.63, 3.8) is 0 Å². The first-order valence-corrected chi connectivity index (χ1v) is 7.27. The predicted octanol–water partition coefficient (Wildman–Crippen LogP) is 3.05. The maximum Gasteiger partial charge on any atom is 0.191 e.